The van der Waals surface area contributed by atoms with E-state index in [1.807, 2.05) is 0 Å². The van der Waals surface area contributed by atoms with Crippen molar-refractivity contribution in [2.24, 2.45) is 0 Å². The quantitative estimate of drug-likeness (QED) is 0.663. The summed E-state index contributed by atoms with van der Waals surface area (Å²) in [6.07, 6.45) is 2.06. The fourth-order valence-electron chi connectivity index (χ4n) is 1.54. The Kier molecular flexibility index (Phi) is 8.17. The number of thiazole rings is 1. The van der Waals surface area contributed by atoms with E-state index in [9.17, 15) is 0 Å². The summed E-state index contributed by atoms with van der Waals surface area (Å²) in [5.74, 6) is 0. The van der Waals surface area contributed by atoms with E-state index in [-0.39, 0.29) is 0 Å². The topological polar surface area (TPSA) is 43.4 Å². The minimum Gasteiger partial charge on any atom is -0.382 e. The standard InChI is InChI=1S/C13H24N2O2S/c1-4-6-14-10-12-11(2)15-13(18-12)5-7-17-9-8-16-3/h14H,4-10H2,1-3H3. The van der Waals surface area contributed by atoms with Crippen LogP contribution in [0.4, 0.5) is 0 Å². The molecule has 0 spiro atoms. The van der Waals surface area contributed by atoms with Crippen molar-refractivity contribution in [2.45, 2.75) is 33.2 Å². The Morgan fingerprint density at radius 1 is 1.28 bits per heavy atom. The molecule has 0 aromatic carbocycles. The van der Waals surface area contributed by atoms with Gasteiger partial charge in [0.1, 0.15) is 0 Å². The molecule has 104 valence electrons. The van der Waals surface area contributed by atoms with Gasteiger partial charge >= 0.3 is 0 Å². The fraction of sp³-hybridized carbons (Fsp3) is 0.769. The monoisotopic (exact) mass is 272 g/mol. The smallest absolute Gasteiger partial charge is 0.0954 e. The summed E-state index contributed by atoms with van der Waals surface area (Å²) in [6, 6.07) is 0. The first-order valence-electron chi connectivity index (χ1n) is 6.50. The molecule has 0 fully saturated rings. The van der Waals surface area contributed by atoms with Crippen LogP contribution in [0.25, 0.3) is 0 Å². The predicted molar refractivity (Wildman–Crippen MR) is 75.2 cm³/mol. The zero-order chi connectivity index (χ0) is 13.2. The molecule has 0 atom stereocenters. The largest absolute Gasteiger partial charge is 0.382 e. The third kappa shape index (κ3) is 5.91. The molecule has 4 nitrogen and oxygen atoms in total. The molecule has 0 aliphatic rings. The average Bonchev–Trinajstić information content (AvgIpc) is 2.70. The van der Waals surface area contributed by atoms with Gasteiger partial charge in [-0.05, 0) is 19.9 Å². The van der Waals surface area contributed by atoms with Crippen LogP contribution >= 0.6 is 11.3 Å². The average molecular weight is 272 g/mol. The third-order valence-electron chi connectivity index (χ3n) is 2.54. The van der Waals surface area contributed by atoms with E-state index in [2.05, 4.69) is 24.1 Å². The summed E-state index contributed by atoms with van der Waals surface area (Å²) >= 11 is 1.79. The summed E-state index contributed by atoms with van der Waals surface area (Å²) in [7, 11) is 1.68. The number of aromatic nitrogens is 1. The van der Waals surface area contributed by atoms with Crippen molar-refractivity contribution < 1.29 is 9.47 Å². The van der Waals surface area contributed by atoms with Crippen LogP contribution in [0, 0.1) is 6.92 Å². The summed E-state index contributed by atoms with van der Waals surface area (Å²) in [5.41, 5.74) is 1.15. The van der Waals surface area contributed by atoms with Crippen molar-refractivity contribution in [3.05, 3.63) is 15.6 Å². The number of ether oxygens (including phenoxy) is 2. The Bertz CT molecular complexity index is 329. The van der Waals surface area contributed by atoms with Crippen molar-refractivity contribution >= 4 is 11.3 Å². The highest BCUT2D eigenvalue weighted by Gasteiger charge is 2.06. The van der Waals surface area contributed by atoms with E-state index in [0.29, 0.717) is 13.2 Å². The number of methoxy groups -OCH3 is 1. The van der Waals surface area contributed by atoms with E-state index in [1.54, 1.807) is 18.4 Å². The van der Waals surface area contributed by atoms with Crippen molar-refractivity contribution in [1.29, 1.82) is 0 Å². The lowest BCUT2D eigenvalue weighted by Crippen LogP contribution is -2.13. The first kappa shape index (κ1) is 15.6. The molecule has 1 rings (SSSR count). The van der Waals surface area contributed by atoms with Gasteiger partial charge in [0.05, 0.1) is 30.5 Å². The molecule has 1 aromatic heterocycles. The van der Waals surface area contributed by atoms with Gasteiger partial charge < -0.3 is 14.8 Å². The molecule has 0 amide bonds. The summed E-state index contributed by atoms with van der Waals surface area (Å²) in [5, 5.41) is 4.58. The lowest BCUT2D eigenvalue weighted by Gasteiger charge is -2.01. The summed E-state index contributed by atoms with van der Waals surface area (Å²) in [4.78, 5) is 5.92. The lowest BCUT2D eigenvalue weighted by atomic mass is 10.4. The number of nitrogens with one attached hydrogen (secondary N) is 1. The molecule has 0 bridgehead atoms. The van der Waals surface area contributed by atoms with Crippen LogP contribution in [0.3, 0.4) is 0 Å². The second-order valence-electron chi connectivity index (χ2n) is 4.15. The SMILES string of the molecule is CCCNCc1sc(CCOCCOC)nc1C. The number of hydrogen-bond acceptors (Lipinski definition) is 5. The molecule has 0 unspecified atom stereocenters. The van der Waals surface area contributed by atoms with Crippen LogP contribution in [0.15, 0.2) is 0 Å². The highest BCUT2D eigenvalue weighted by Crippen LogP contribution is 2.18. The first-order chi connectivity index (χ1) is 8.77. The molecular formula is C13H24N2O2S. The Morgan fingerprint density at radius 3 is 2.83 bits per heavy atom. The molecule has 0 aliphatic carbocycles. The minimum atomic E-state index is 0.656. The number of nitrogens with zero attached hydrogens (tertiary/aromatic N) is 1. The summed E-state index contributed by atoms with van der Waals surface area (Å²) in [6.45, 7) is 8.28. The maximum Gasteiger partial charge on any atom is 0.0954 e. The number of aryl methyl sites for hydroxylation is 1. The highest BCUT2D eigenvalue weighted by molar-refractivity contribution is 7.11. The van der Waals surface area contributed by atoms with Gasteiger partial charge in [0.15, 0.2) is 0 Å². The Morgan fingerprint density at radius 2 is 2.11 bits per heavy atom. The van der Waals surface area contributed by atoms with Crippen LogP contribution in [-0.4, -0.2) is 38.5 Å². The van der Waals surface area contributed by atoms with Crippen LogP contribution in [0.1, 0.15) is 28.9 Å². The van der Waals surface area contributed by atoms with Crippen LogP contribution < -0.4 is 5.32 Å². The molecule has 0 saturated heterocycles. The maximum atomic E-state index is 5.45. The molecule has 1 aromatic rings. The van der Waals surface area contributed by atoms with Crippen LogP contribution in [0.2, 0.25) is 0 Å². The zero-order valence-corrected chi connectivity index (χ0v) is 12.4. The van der Waals surface area contributed by atoms with E-state index < -0.39 is 0 Å². The first-order valence-corrected chi connectivity index (χ1v) is 7.32. The predicted octanol–water partition coefficient (Wildman–Crippen LogP) is 2.16. The molecule has 0 aliphatic heterocycles. The second kappa shape index (κ2) is 9.44. The number of rotatable bonds is 10. The molecular weight excluding hydrogens is 248 g/mol. The van der Waals surface area contributed by atoms with Gasteiger partial charge in [0.2, 0.25) is 0 Å². The van der Waals surface area contributed by atoms with E-state index >= 15 is 0 Å². The number of hydrogen-bond donors (Lipinski definition) is 1. The third-order valence-corrected chi connectivity index (χ3v) is 3.76. The maximum absolute atomic E-state index is 5.45. The van der Waals surface area contributed by atoms with Crippen molar-refractivity contribution in [3.8, 4) is 0 Å². The van der Waals surface area contributed by atoms with Crippen molar-refractivity contribution in [3.63, 3.8) is 0 Å². The highest BCUT2D eigenvalue weighted by atomic mass is 32.1. The van der Waals surface area contributed by atoms with Crippen LogP contribution in [0.5, 0.6) is 0 Å². The molecule has 1 heterocycles. The molecule has 18 heavy (non-hydrogen) atoms. The zero-order valence-electron chi connectivity index (χ0n) is 11.6. The summed E-state index contributed by atoms with van der Waals surface area (Å²) < 4.78 is 10.4. The van der Waals surface area contributed by atoms with E-state index in [4.69, 9.17) is 9.47 Å². The van der Waals surface area contributed by atoms with Crippen molar-refractivity contribution in [1.82, 2.24) is 10.3 Å². The molecule has 5 heteroatoms. The van der Waals surface area contributed by atoms with Crippen LogP contribution in [-0.2, 0) is 22.4 Å². The molecule has 0 saturated carbocycles. The Labute approximate surface area is 114 Å². The van der Waals surface area contributed by atoms with Gasteiger partial charge in [-0.15, -0.1) is 11.3 Å². The van der Waals surface area contributed by atoms with Gasteiger partial charge in [-0.1, -0.05) is 6.92 Å². The Hall–Kier alpha value is -0.490. The van der Waals surface area contributed by atoms with Crippen molar-refractivity contribution in [2.75, 3.05) is 33.5 Å². The normalized spacial score (nSPS) is 11.1. The van der Waals surface area contributed by atoms with Gasteiger partial charge in [0, 0.05) is 25.0 Å². The van der Waals surface area contributed by atoms with Gasteiger partial charge in [-0.3, -0.25) is 0 Å². The minimum absolute atomic E-state index is 0.656. The van der Waals surface area contributed by atoms with Gasteiger partial charge in [-0.2, -0.15) is 0 Å². The fourth-order valence-corrected chi connectivity index (χ4v) is 2.56. The second-order valence-corrected chi connectivity index (χ2v) is 5.32. The van der Waals surface area contributed by atoms with Gasteiger partial charge in [0.25, 0.3) is 0 Å². The van der Waals surface area contributed by atoms with Gasteiger partial charge in [-0.25, -0.2) is 4.98 Å². The van der Waals surface area contributed by atoms with E-state index in [1.165, 1.54) is 9.88 Å². The Balaban J connectivity index is 2.27. The molecule has 1 N–H and O–H groups in total. The molecule has 0 radical (unpaired) electrons. The lowest BCUT2D eigenvalue weighted by molar-refractivity contribution is 0.0722. The van der Waals surface area contributed by atoms with E-state index in [0.717, 1.165) is 38.2 Å².